The molecule has 9 heteroatoms. The zero-order valence-electron chi connectivity index (χ0n) is 15.9. The van der Waals surface area contributed by atoms with Gasteiger partial charge in [-0.2, -0.15) is 0 Å². The van der Waals surface area contributed by atoms with Gasteiger partial charge in [-0.3, -0.25) is 4.79 Å². The Bertz CT molecular complexity index is 957. The number of thiazole rings is 1. The number of aryl methyl sites for hydroxylation is 1. The average Bonchev–Trinajstić information content (AvgIpc) is 3.29. The van der Waals surface area contributed by atoms with Crippen molar-refractivity contribution in [2.45, 2.75) is 32.7 Å². The van der Waals surface area contributed by atoms with Crippen LogP contribution in [0.4, 0.5) is 16.5 Å². The molecule has 1 fully saturated rings. The van der Waals surface area contributed by atoms with Crippen LogP contribution in [0, 0.1) is 13.8 Å². The van der Waals surface area contributed by atoms with Gasteiger partial charge in [0, 0.05) is 16.8 Å². The molecule has 0 radical (unpaired) electrons. The van der Waals surface area contributed by atoms with E-state index >= 15 is 0 Å². The summed E-state index contributed by atoms with van der Waals surface area (Å²) in [5.41, 5.74) is 3.80. The Kier molecular flexibility index (Phi) is 5.36. The quantitative estimate of drug-likeness (QED) is 0.611. The van der Waals surface area contributed by atoms with E-state index < -0.39 is 0 Å². The first-order valence-corrected chi connectivity index (χ1v) is 10.2. The molecular formula is C19H23N7OS. The van der Waals surface area contributed by atoms with E-state index in [0.717, 1.165) is 48.1 Å². The summed E-state index contributed by atoms with van der Waals surface area (Å²) in [6.07, 6.45) is 2.00. The molecule has 1 amide bonds. The number of hydrogen-bond donors (Lipinski definition) is 3. The molecule has 1 aliphatic rings. The number of nitrogens with zero attached hydrogens (tertiary/aromatic N) is 4. The van der Waals surface area contributed by atoms with Gasteiger partial charge < -0.3 is 16.0 Å². The molecule has 1 aromatic carbocycles. The first-order chi connectivity index (χ1) is 13.6. The molecule has 0 atom stereocenters. The molecule has 2 aromatic heterocycles. The van der Waals surface area contributed by atoms with Gasteiger partial charge >= 0.3 is 0 Å². The van der Waals surface area contributed by atoms with Crippen LogP contribution in [0.2, 0.25) is 0 Å². The topological polar surface area (TPSA) is 96.8 Å². The Morgan fingerprint density at radius 1 is 1.18 bits per heavy atom. The SMILES string of the molecule is Cc1csc(Nc2ccc(NC(=O)c3nnn(C4CCNCC4)c3C)cc2)n1. The molecule has 3 heterocycles. The van der Waals surface area contributed by atoms with Crippen LogP contribution in [-0.4, -0.2) is 39.0 Å². The number of amides is 1. The van der Waals surface area contributed by atoms with Gasteiger partial charge in [0.25, 0.3) is 5.91 Å². The highest BCUT2D eigenvalue weighted by atomic mass is 32.1. The van der Waals surface area contributed by atoms with Gasteiger partial charge in [-0.1, -0.05) is 5.21 Å². The zero-order valence-corrected chi connectivity index (χ0v) is 16.7. The number of nitrogens with one attached hydrogen (secondary N) is 3. The van der Waals surface area contributed by atoms with E-state index in [9.17, 15) is 4.79 Å². The summed E-state index contributed by atoms with van der Waals surface area (Å²) in [6.45, 7) is 5.79. The summed E-state index contributed by atoms with van der Waals surface area (Å²) in [7, 11) is 0. The predicted molar refractivity (Wildman–Crippen MR) is 110 cm³/mol. The Hall–Kier alpha value is -2.78. The van der Waals surface area contributed by atoms with Crippen molar-refractivity contribution in [1.29, 1.82) is 0 Å². The smallest absolute Gasteiger partial charge is 0.278 e. The number of rotatable bonds is 5. The zero-order chi connectivity index (χ0) is 19.5. The van der Waals surface area contributed by atoms with Crippen molar-refractivity contribution in [1.82, 2.24) is 25.3 Å². The standard InChI is InChI=1S/C19H23N7OS/c1-12-11-28-19(21-12)23-15-5-3-14(4-6-15)22-18(27)17-13(2)26(25-24-17)16-7-9-20-10-8-16/h3-6,11,16,20H,7-10H2,1-2H3,(H,21,23)(H,22,27). The van der Waals surface area contributed by atoms with E-state index in [4.69, 9.17) is 0 Å². The molecule has 8 nitrogen and oxygen atoms in total. The number of piperidine rings is 1. The van der Waals surface area contributed by atoms with Crippen molar-refractivity contribution in [2.75, 3.05) is 23.7 Å². The first-order valence-electron chi connectivity index (χ1n) is 9.33. The van der Waals surface area contributed by atoms with Crippen LogP contribution in [0.15, 0.2) is 29.6 Å². The number of anilines is 3. The van der Waals surface area contributed by atoms with Crippen molar-refractivity contribution in [3.05, 3.63) is 46.7 Å². The maximum atomic E-state index is 12.6. The van der Waals surface area contributed by atoms with Crippen molar-refractivity contribution >= 4 is 33.8 Å². The summed E-state index contributed by atoms with van der Waals surface area (Å²) in [4.78, 5) is 17.0. The van der Waals surface area contributed by atoms with Crippen LogP contribution in [-0.2, 0) is 0 Å². The van der Waals surface area contributed by atoms with Crippen molar-refractivity contribution in [3.63, 3.8) is 0 Å². The van der Waals surface area contributed by atoms with E-state index in [1.54, 1.807) is 11.3 Å². The summed E-state index contributed by atoms with van der Waals surface area (Å²) in [6, 6.07) is 7.83. The lowest BCUT2D eigenvalue weighted by atomic mass is 10.1. The summed E-state index contributed by atoms with van der Waals surface area (Å²) in [5, 5.41) is 20.7. The van der Waals surface area contributed by atoms with Gasteiger partial charge in [0.1, 0.15) is 0 Å². The summed E-state index contributed by atoms with van der Waals surface area (Å²) < 4.78 is 1.89. The van der Waals surface area contributed by atoms with E-state index in [1.165, 1.54) is 0 Å². The minimum Gasteiger partial charge on any atom is -0.332 e. The minimum absolute atomic E-state index is 0.242. The number of aromatic nitrogens is 4. The molecule has 0 unspecified atom stereocenters. The van der Waals surface area contributed by atoms with Gasteiger partial charge in [-0.15, -0.1) is 16.4 Å². The molecule has 0 saturated carbocycles. The summed E-state index contributed by atoms with van der Waals surface area (Å²) >= 11 is 1.56. The van der Waals surface area contributed by atoms with E-state index in [1.807, 2.05) is 48.2 Å². The molecule has 0 bridgehead atoms. The van der Waals surface area contributed by atoms with Gasteiger partial charge in [0.2, 0.25) is 0 Å². The second-order valence-corrected chi connectivity index (χ2v) is 7.76. The van der Waals surface area contributed by atoms with Crippen LogP contribution in [0.25, 0.3) is 0 Å². The Morgan fingerprint density at radius 2 is 1.89 bits per heavy atom. The van der Waals surface area contributed by atoms with Crippen molar-refractivity contribution in [3.8, 4) is 0 Å². The lowest BCUT2D eigenvalue weighted by Gasteiger charge is -2.23. The lowest BCUT2D eigenvalue weighted by molar-refractivity contribution is 0.102. The maximum absolute atomic E-state index is 12.6. The molecule has 0 spiro atoms. The molecule has 3 N–H and O–H groups in total. The molecule has 146 valence electrons. The number of carbonyl (C=O) groups is 1. The fraction of sp³-hybridized carbons (Fsp3) is 0.368. The molecule has 3 aromatic rings. The number of carbonyl (C=O) groups excluding carboxylic acids is 1. The van der Waals surface area contributed by atoms with Gasteiger partial charge in [-0.05, 0) is 64.0 Å². The number of hydrogen-bond acceptors (Lipinski definition) is 7. The van der Waals surface area contributed by atoms with E-state index in [-0.39, 0.29) is 5.91 Å². The molecule has 4 rings (SSSR count). The second kappa shape index (κ2) is 8.07. The molecule has 0 aliphatic carbocycles. The highest BCUT2D eigenvalue weighted by Gasteiger charge is 2.22. The van der Waals surface area contributed by atoms with Crippen molar-refractivity contribution in [2.24, 2.45) is 0 Å². The second-order valence-electron chi connectivity index (χ2n) is 6.90. The highest BCUT2D eigenvalue weighted by Crippen LogP contribution is 2.23. The monoisotopic (exact) mass is 397 g/mol. The number of benzene rings is 1. The minimum atomic E-state index is -0.242. The van der Waals surface area contributed by atoms with E-state index in [0.29, 0.717) is 17.4 Å². The van der Waals surface area contributed by atoms with E-state index in [2.05, 4.69) is 31.2 Å². The molecular weight excluding hydrogens is 374 g/mol. The fourth-order valence-electron chi connectivity index (χ4n) is 3.31. The third-order valence-corrected chi connectivity index (χ3v) is 5.69. The van der Waals surface area contributed by atoms with Crippen LogP contribution in [0.1, 0.15) is 40.8 Å². The lowest BCUT2D eigenvalue weighted by Crippen LogP contribution is -2.30. The average molecular weight is 398 g/mol. The highest BCUT2D eigenvalue weighted by molar-refractivity contribution is 7.13. The summed E-state index contributed by atoms with van der Waals surface area (Å²) in [5.74, 6) is -0.242. The molecule has 28 heavy (non-hydrogen) atoms. The third-order valence-electron chi connectivity index (χ3n) is 4.81. The maximum Gasteiger partial charge on any atom is 0.278 e. The normalized spacial score (nSPS) is 14.8. The van der Waals surface area contributed by atoms with Crippen LogP contribution in [0.5, 0.6) is 0 Å². The van der Waals surface area contributed by atoms with Crippen LogP contribution in [0.3, 0.4) is 0 Å². The largest absolute Gasteiger partial charge is 0.332 e. The van der Waals surface area contributed by atoms with Gasteiger partial charge in [0.15, 0.2) is 10.8 Å². The Labute approximate surface area is 167 Å². The van der Waals surface area contributed by atoms with Crippen LogP contribution >= 0.6 is 11.3 Å². The first kappa shape index (κ1) is 18.6. The predicted octanol–water partition coefficient (Wildman–Crippen LogP) is 3.27. The molecule has 1 saturated heterocycles. The Morgan fingerprint density at radius 3 is 2.57 bits per heavy atom. The van der Waals surface area contributed by atoms with Crippen molar-refractivity contribution < 1.29 is 4.79 Å². The van der Waals surface area contributed by atoms with Crippen LogP contribution < -0.4 is 16.0 Å². The van der Waals surface area contributed by atoms with Gasteiger partial charge in [0.05, 0.1) is 17.4 Å². The fourth-order valence-corrected chi connectivity index (χ4v) is 4.02. The van der Waals surface area contributed by atoms with Gasteiger partial charge in [-0.25, -0.2) is 9.67 Å². The Balaban J connectivity index is 1.41. The molecule has 1 aliphatic heterocycles. The third kappa shape index (κ3) is 4.05.